The summed E-state index contributed by atoms with van der Waals surface area (Å²) in [6, 6.07) is 0. The second-order valence-electron chi connectivity index (χ2n) is 3.14. The Kier molecular flexibility index (Phi) is 4.11. The molecule has 8 heteroatoms. The SMILES string of the molecule is CCCOCc1nc(C(F)(F)F)c(C(=O)O)o1. The molecule has 0 aliphatic carbocycles. The molecule has 0 aromatic carbocycles. The number of aromatic carboxylic acids is 1. The molecular weight excluding hydrogens is 243 g/mol. The van der Waals surface area contributed by atoms with E-state index < -0.39 is 29.5 Å². The zero-order valence-corrected chi connectivity index (χ0v) is 8.87. The number of halogens is 3. The number of rotatable bonds is 5. The van der Waals surface area contributed by atoms with E-state index in [0.717, 1.165) is 0 Å². The first-order chi connectivity index (χ1) is 7.86. The summed E-state index contributed by atoms with van der Waals surface area (Å²) in [5.74, 6) is -3.43. The average molecular weight is 253 g/mol. The minimum atomic E-state index is -4.86. The fraction of sp³-hybridized carbons (Fsp3) is 0.556. The largest absolute Gasteiger partial charge is 0.475 e. The molecule has 0 saturated carbocycles. The summed E-state index contributed by atoms with van der Waals surface area (Å²) in [5, 5.41) is 8.54. The molecule has 0 atom stereocenters. The highest BCUT2D eigenvalue weighted by molar-refractivity contribution is 5.85. The second-order valence-corrected chi connectivity index (χ2v) is 3.14. The van der Waals surface area contributed by atoms with Crippen molar-refractivity contribution in [2.75, 3.05) is 6.61 Å². The molecule has 0 saturated heterocycles. The van der Waals surface area contributed by atoms with Crippen LogP contribution < -0.4 is 0 Å². The van der Waals surface area contributed by atoms with Crippen molar-refractivity contribution in [1.29, 1.82) is 0 Å². The van der Waals surface area contributed by atoms with Crippen molar-refractivity contribution in [3.63, 3.8) is 0 Å². The Labute approximate surface area is 94.2 Å². The number of ether oxygens (including phenoxy) is 1. The Balaban J connectivity index is 2.93. The number of hydrogen-bond donors (Lipinski definition) is 1. The molecule has 17 heavy (non-hydrogen) atoms. The molecule has 0 spiro atoms. The topological polar surface area (TPSA) is 72.6 Å². The third-order valence-corrected chi connectivity index (χ3v) is 1.71. The average Bonchev–Trinajstić information content (AvgIpc) is 2.62. The van der Waals surface area contributed by atoms with Gasteiger partial charge in [0.2, 0.25) is 11.7 Å². The summed E-state index contributed by atoms with van der Waals surface area (Å²) in [7, 11) is 0. The fourth-order valence-corrected chi connectivity index (χ4v) is 1.07. The summed E-state index contributed by atoms with van der Waals surface area (Å²) in [6.45, 7) is 1.86. The fourth-order valence-electron chi connectivity index (χ4n) is 1.07. The number of carboxylic acids is 1. The van der Waals surface area contributed by atoms with Gasteiger partial charge in [-0.25, -0.2) is 9.78 Å². The summed E-state index contributed by atoms with van der Waals surface area (Å²) in [4.78, 5) is 13.6. The van der Waals surface area contributed by atoms with Gasteiger partial charge in [-0.2, -0.15) is 13.2 Å². The van der Waals surface area contributed by atoms with Crippen molar-refractivity contribution in [3.05, 3.63) is 17.3 Å². The van der Waals surface area contributed by atoms with E-state index >= 15 is 0 Å². The van der Waals surface area contributed by atoms with Crippen LogP contribution in [0.15, 0.2) is 4.42 Å². The number of carboxylic acid groups (broad SMARTS) is 1. The number of hydrogen-bond acceptors (Lipinski definition) is 4. The molecule has 1 N–H and O–H groups in total. The third-order valence-electron chi connectivity index (χ3n) is 1.71. The highest BCUT2D eigenvalue weighted by Gasteiger charge is 2.41. The number of aromatic nitrogens is 1. The maximum atomic E-state index is 12.4. The summed E-state index contributed by atoms with van der Waals surface area (Å²) < 4.78 is 46.6. The van der Waals surface area contributed by atoms with Gasteiger partial charge in [-0.15, -0.1) is 0 Å². The Morgan fingerprint density at radius 3 is 2.59 bits per heavy atom. The van der Waals surface area contributed by atoms with E-state index in [1.54, 1.807) is 0 Å². The molecule has 0 radical (unpaired) electrons. The molecule has 1 aromatic rings. The van der Waals surface area contributed by atoms with Crippen LogP contribution in [0.3, 0.4) is 0 Å². The van der Waals surface area contributed by atoms with Crippen LogP contribution >= 0.6 is 0 Å². The molecule has 1 aromatic heterocycles. The van der Waals surface area contributed by atoms with Gasteiger partial charge < -0.3 is 14.3 Å². The van der Waals surface area contributed by atoms with Crippen molar-refractivity contribution in [3.8, 4) is 0 Å². The smallest absolute Gasteiger partial charge is 0.437 e. The Hall–Kier alpha value is -1.57. The van der Waals surface area contributed by atoms with Crippen molar-refractivity contribution in [1.82, 2.24) is 4.98 Å². The Bertz CT molecular complexity index is 399. The predicted octanol–water partition coefficient (Wildman–Crippen LogP) is 2.32. The number of nitrogens with zero attached hydrogens (tertiary/aromatic N) is 1. The highest BCUT2D eigenvalue weighted by Crippen LogP contribution is 2.31. The first-order valence-electron chi connectivity index (χ1n) is 4.74. The number of alkyl halides is 3. The van der Waals surface area contributed by atoms with Crippen LogP contribution in [-0.2, 0) is 17.5 Å². The number of carbonyl (C=O) groups is 1. The van der Waals surface area contributed by atoms with Crippen LogP contribution in [0.1, 0.15) is 35.5 Å². The van der Waals surface area contributed by atoms with Crippen LogP contribution in [0.5, 0.6) is 0 Å². The predicted molar refractivity (Wildman–Crippen MR) is 48.4 cm³/mol. The monoisotopic (exact) mass is 253 g/mol. The van der Waals surface area contributed by atoms with Gasteiger partial charge in [-0.1, -0.05) is 6.92 Å². The van der Waals surface area contributed by atoms with E-state index in [-0.39, 0.29) is 6.61 Å². The minimum absolute atomic E-state index is 0.288. The van der Waals surface area contributed by atoms with Crippen molar-refractivity contribution < 1.29 is 32.2 Å². The lowest BCUT2D eigenvalue weighted by atomic mass is 10.3. The Morgan fingerprint density at radius 2 is 2.18 bits per heavy atom. The standard InChI is InChI=1S/C9H10F3NO4/c1-2-3-16-4-5-13-7(9(10,11)12)6(17-5)8(14)15/h2-4H2,1H3,(H,14,15). The summed E-state index contributed by atoms with van der Waals surface area (Å²) in [6.07, 6.45) is -4.18. The summed E-state index contributed by atoms with van der Waals surface area (Å²) in [5.41, 5.74) is -1.54. The molecular formula is C9H10F3NO4. The molecule has 0 bridgehead atoms. The zero-order valence-electron chi connectivity index (χ0n) is 8.87. The minimum Gasteiger partial charge on any atom is -0.475 e. The molecule has 1 rings (SSSR count). The van der Waals surface area contributed by atoms with Gasteiger partial charge in [0.1, 0.15) is 6.61 Å². The Morgan fingerprint density at radius 1 is 1.53 bits per heavy atom. The molecule has 1 heterocycles. The maximum absolute atomic E-state index is 12.4. The van der Waals surface area contributed by atoms with Crippen molar-refractivity contribution in [2.45, 2.75) is 26.1 Å². The van der Waals surface area contributed by atoms with E-state index in [4.69, 9.17) is 9.84 Å². The maximum Gasteiger partial charge on any atom is 0.437 e. The van der Waals surface area contributed by atoms with Crippen LogP contribution in [0.4, 0.5) is 13.2 Å². The second kappa shape index (κ2) is 5.17. The highest BCUT2D eigenvalue weighted by atomic mass is 19.4. The van der Waals surface area contributed by atoms with E-state index in [2.05, 4.69) is 9.40 Å². The first-order valence-corrected chi connectivity index (χ1v) is 4.74. The van der Waals surface area contributed by atoms with Gasteiger partial charge in [0.15, 0.2) is 5.69 Å². The molecule has 5 nitrogen and oxygen atoms in total. The molecule has 0 aliphatic rings. The lowest BCUT2D eigenvalue weighted by Crippen LogP contribution is -2.11. The van der Waals surface area contributed by atoms with Crippen molar-refractivity contribution >= 4 is 5.97 Å². The lowest BCUT2D eigenvalue weighted by molar-refractivity contribution is -0.141. The van der Waals surface area contributed by atoms with Crippen LogP contribution in [-0.4, -0.2) is 22.7 Å². The number of oxazole rings is 1. The summed E-state index contributed by atoms with van der Waals surface area (Å²) >= 11 is 0. The normalized spacial score (nSPS) is 11.8. The molecule has 0 aliphatic heterocycles. The van der Waals surface area contributed by atoms with Crippen molar-refractivity contribution in [2.24, 2.45) is 0 Å². The van der Waals surface area contributed by atoms with Crippen LogP contribution in [0.2, 0.25) is 0 Å². The van der Waals surface area contributed by atoms with E-state index in [9.17, 15) is 18.0 Å². The molecule has 0 unspecified atom stereocenters. The van der Waals surface area contributed by atoms with Crippen LogP contribution in [0.25, 0.3) is 0 Å². The van der Waals surface area contributed by atoms with E-state index in [0.29, 0.717) is 13.0 Å². The first kappa shape index (κ1) is 13.5. The van der Waals surface area contributed by atoms with E-state index in [1.165, 1.54) is 0 Å². The van der Waals surface area contributed by atoms with E-state index in [1.807, 2.05) is 6.92 Å². The third kappa shape index (κ3) is 3.45. The quantitative estimate of drug-likeness (QED) is 0.815. The zero-order chi connectivity index (χ0) is 13.1. The lowest BCUT2D eigenvalue weighted by Gasteiger charge is -2.00. The van der Waals surface area contributed by atoms with Gasteiger partial charge >= 0.3 is 12.1 Å². The molecule has 0 amide bonds. The van der Waals surface area contributed by atoms with Gasteiger partial charge in [0.25, 0.3) is 0 Å². The van der Waals surface area contributed by atoms with Crippen LogP contribution in [0, 0.1) is 0 Å². The van der Waals surface area contributed by atoms with Gasteiger partial charge in [0.05, 0.1) is 0 Å². The van der Waals surface area contributed by atoms with Gasteiger partial charge in [0, 0.05) is 6.61 Å². The molecule has 96 valence electrons. The van der Waals surface area contributed by atoms with Gasteiger partial charge in [-0.05, 0) is 6.42 Å². The molecule has 0 fully saturated rings. The van der Waals surface area contributed by atoms with Gasteiger partial charge in [-0.3, -0.25) is 0 Å².